The third-order valence-electron chi connectivity index (χ3n) is 3.88. The molecular weight excluding hydrogens is 392 g/mol. The van der Waals surface area contributed by atoms with Crippen molar-refractivity contribution in [2.75, 3.05) is 36.6 Å². The fourth-order valence-electron chi connectivity index (χ4n) is 2.44. The first-order valence-electron chi connectivity index (χ1n) is 7.92. The van der Waals surface area contributed by atoms with Crippen molar-refractivity contribution in [3.8, 4) is 11.5 Å². The van der Waals surface area contributed by atoms with Crippen LogP contribution in [-0.4, -0.2) is 41.3 Å². The van der Waals surface area contributed by atoms with Gasteiger partial charge in [-0.15, -0.1) is 0 Å². The smallest absolute Gasteiger partial charge is 0.245 e. The van der Waals surface area contributed by atoms with Gasteiger partial charge in [0.1, 0.15) is 18.0 Å². The number of carbonyl (C=O) groups is 1. The highest BCUT2D eigenvalue weighted by molar-refractivity contribution is 7.92. The molecule has 2 rings (SSSR count). The third kappa shape index (κ3) is 5.05. The van der Waals surface area contributed by atoms with E-state index in [2.05, 4.69) is 5.32 Å². The summed E-state index contributed by atoms with van der Waals surface area (Å²) in [5.41, 5.74) is 1.45. The molecule has 7 nitrogen and oxygen atoms in total. The number of methoxy groups -OCH3 is 2. The number of carbonyl (C=O) groups excluding carboxylic acids is 1. The number of hydrogen-bond acceptors (Lipinski definition) is 5. The number of benzene rings is 2. The molecule has 2 aromatic rings. The summed E-state index contributed by atoms with van der Waals surface area (Å²) in [5, 5.41) is 3.19. The van der Waals surface area contributed by atoms with E-state index >= 15 is 0 Å². The van der Waals surface area contributed by atoms with Gasteiger partial charge in [0, 0.05) is 16.8 Å². The maximum atomic E-state index is 12.5. The van der Waals surface area contributed by atoms with Crippen LogP contribution in [0.2, 0.25) is 5.02 Å². The Bertz CT molecular complexity index is 947. The second kappa shape index (κ2) is 8.49. The molecule has 0 aliphatic heterocycles. The zero-order valence-electron chi connectivity index (χ0n) is 15.4. The lowest BCUT2D eigenvalue weighted by Gasteiger charge is -2.24. The Morgan fingerprint density at radius 2 is 1.89 bits per heavy atom. The maximum Gasteiger partial charge on any atom is 0.245 e. The van der Waals surface area contributed by atoms with Gasteiger partial charge in [-0.25, -0.2) is 8.42 Å². The van der Waals surface area contributed by atoms with E-state index in [4.69, 9.17) is 21.1 Å². The van der Waals surface area contributed by atoms with Crippen LogP contribution in [0.15, 0.2) is 36.4 Å². The molecule has 0 atom stereocenters. The van der Waals surface area contributed by atoms with Crippen LogP contribution in [0.3, 0.4) is 0 Å². The zero-order chi connectivity index (χ0) is 20.2. The molecular formula is C18H21ClN2O5S. The number of rotatable bonds is 7. The van der Waals surface area contributed by atoms with Crippen molar-refractivity contribution >= 4 is 38.9 Å². The number of amides is 1. The Morgan fingerprint density at radius 1 is 1.19 bits per heavy atom. The van der Waals surface area contributed by atoms with E-state index in [0.717, 1.165) is 10.6 Å². The number of nitrogens with zero attached hydrogens (tertiary/aromatic N) is 1. The maximum absolute atomic E-state index is 12.5. The molecule has 0 aliphatic rings. The molecule has 0 fully saturated rings. The fourth-order valence-corrected chi connectivity index (χ4v) is 3.47. The van der Waals surface area contributed by atoms with Crippen molar-refractivity contribution < 1.29 is 22.7 Å². The standard InChI is InChI=1S/C18H21ClN2O5S/c1-12-14(19)6-5-7-15(12)20-18(22)11-21(27(4,23)24)16-9-8-13(25-2)10-17(16)26-3/h5-10H,11H2,1-4H3,(H,20,22). The van der Waals surface area contributed by atoms with Crippen molar-refractivity contribution in [3.05, 3.63) is 47.0 Å². The van der Waals surface area contributed by atoms with Gasteiger partial charge in [-0.3, -0.25) is 9.10 Å². The number of hydrogen-bond donors (Lipinski definition) is 1. The molecule has 1 N–H and O–H groups in total. The fraction of sp³-hybridized carbons (Fsp3) is 0.278. The number of halogens is 1. The van der Waals surface area contributed by atoms with Crippen LogP contribution in [0.4, 0.5) is 11.4 Å². The van der Waals surface area contributed by atoms with E-state index in [-0.39, 0.29) is 11.4 Å². The monoisotopic (exact) mass is 412 g/mol. The van der Waals surface area contributed by atoms with E-state index in [0.29, 0.717) is 22.0 Å². The Kier molecular flexibility index (Phi) is 6.56. The summed E-state index contributed by atoms with van der Waals surface area (Å²) in [4.78, 5) is 12.5. The molecule has 27 heavy (non-hydrogen) atoms. The van der Waals surface area contributed by atoms with Gasteiger partial charge < -0.3 is 14.8 Å². The van der Waals surface area contributed by atoms with Crippen LogP contribution in [0.1, 0.15) is 5.56 Å². The normalized spacial score (nSPS) is 11.0. The van der Waals surface area contributed by atoms with E-state index in [1.807, 2.05) is 0 Å². The minimum absolute atomic E-state index is 0.235. The highest BCUT2D eigenvalue weighted by atomic mass is 35.5. The van der Waals surface area contributed by atoms with Crippen LogP contribution in [0.5, 0.6) is 11.5 Å². The lowest BCUT2D eigenvalue weighted by Crippen LogP contribution is -2.37. The lowest BCUT2D eigenvalue weighted by molar-refractivity contribution is -0.114. The summed E-state index contributed by atoms with van der Waals surface area (Å²) < 4.78 is 36.0. The Hall–Kier alpha value is -2.45. The largest absolute Gasteiger partial charge is 0.497 e. The van der Waals surface area contributed by atoms with Crippen LogP contribution in [0.25, 0.3) is 0 Å². The summed E-state index contributed by atoms with van der Waals surface area (Å²) in [6.07, 6.45) is 1.02. The second-order valence-electron chi connectivity index (χ2n) is 5.77. The first-order chi connectivity index (χ1) is 12.7. The van der Waals surface area contributed by atoms with Gasteiger partial charge in [0.25, 0.3) is 0 Å². The third-order valence-corrected chi connectivity index (χ3v) is 5.42. The molecule has 146 valence electrons. The zero-order valence-corrected chi connectivity index (χ0v) is 17.0. The van der Waals surface area contributed by atoms with E-state index < -0.39 is 22.5 Å². The topological polar surface area (TPSA) is 84.9 Å². The van der Waals surface area contributed by atoms with Crippen molar-refractivity contribution in [2.24, 2.45) is 0 Å². The predicted molar refractivity (Wildman–Crippen MR) is 107 cm³/mol. The number of nitrogens with one attached hydrogen (secondary N) is 1. The summed E-state index contributed by atoms with van der Waals surface area (Å²) >= 11 is 6.05. The van der Waals surface area contributed by atoms with E-state index in [1.54, 1.807) is 37.3 Å². The molecule has 0 aromatic heterocycles. The summed E-state index contributed by atoms with van der Waals surface area (Å²) in [6.45, 7) is 1.34. The van der Waals surface area contributed by atoms with Crippen molar-refractivity contribution in [2.45, 2.75) is 6.92 Å². The Balaban J connectivity index is 2.33. The van der Waals surface area contributed by atoms with Gasteiger partial charge in [0.05, 0.1) is 26.2 Å². The average Bonchev–Trinajstić information content (AvgIpc) is 2.62. The minimum atomic E-state index is -3.75. The number of sulfonamides is 1. The summed E-state index contributed by atoms with van der Waals surface area (Å²) in [6, 6.07) is 9.76. The second-order valence-corrected chi connectivity index (χ2v) is 8.08. The molecule has 0 spiro atoms. The van der Waals surface area contributed by atoms with Crippen molar-refractivity contribution in [1.82, 2.24) is 0 Å². The van der Waals surface area contributed by atoms with Gasteiger partial charge >= 0.3 is 0 Å². The molecule has 1 amide bonds. The summed E-state index contributed by atoms with van der Waals surface area (Å²) in [7, 11) is -0.850. The molecule has 0 saturated carbocycles. The van der Waals surface area contributed by atoms with E-state index in [9.17, 15) is 13.2 Å². The first kappa shape index (κ1) is 20.9. The van der Waals surface area contributed by atoms with Crippen molar-refractivity contribution in [1.29, 1.82) is 0 Å². The van der Waals surface area contributed by atoms with Gasteiger partial charge in [-0.2, -0.15) is 0 Å². The number of anilines is 2. The van der Waals surface area contributed by atoms with Crippen LogP contribution < -0.4 is 19.1 Å². The van der Waals surface area contributed by atoms with Gasteiger partial charge in [-0.05, 0) is 36.8 Å². The molecule has 0 aliphatic carbocycles. The van der Waals surface area contributed by atoms with Crippen LogP contribution >= 0.6 is 11.6 Å². The van der Waals surface area contributed by atoms with E-state index in [1.165, 1.54) is 20.3 Å². The van der Waals surface area contributed by atoms with Gasteiger partial charge in [0.15, 0.2) is 0 Å². The molecule has 0 saturated heterocycles. The molecule has 0 heterocycles. The molecule has 2 aromatic carbocycles. The SMILES string of the molecule is COc1ccc(N(CC(=O)Nc2cccc(Cl)c2C)S(C)(=O)=O)c(OC)c1. The Labute approximate surface area is 163 Å². The van der Waals surface area contributed by atoms with Gasteiger partial charge in [0.2, 0.25) is 15.9 Å². The minimum Gasteiger partial charge on any atom is -0.497 e. The van der Waals surface area contributed by atoms with Crippen LogP contribution in [-0.2, 0) is 14.8 Å². The summed E-state index contributed by atoms with van der Waals surface area (Å²) in [5.74, 6) is 0.262. The lowest BCUT2D eigenvalue weighted by atomic mass is 10.2. The average molecular weight is 413 g/mol. The quantitative estimate of drug-likeness (QED) is 0.755. The molecule has 9 heteroatoms. The number of ether oxygens (including phenoxy) is 2. The molecule has 0 radical (unpaired) electrons. The van der Waals surface area contributed by atoms with Crippen molar-refractivity contribution in [3.63, 3.8) is 0 Å². The first-order valence-corrected chi connectivity index (χ1v) is 10.1. The predicted octanol–water partition coefficient (Wildman–Crippen LogP) is 3.07. The van der Waals surface area contributed by atoms with Crippen LogP contribution in [0, 0.1) is 6.92 Å². The highest BCUT2D eigenvalue weighted by Gasteiger charge is 2.24. The molecule has 0 bridgehead atoms. The molecule has 0 unspecified atom stereocenters. The van der Waals surface area contributed by atoms with Gasteiger partial charge in [-0.1, -0.05) is 17.7 Å². The Morgan fingerprint density at radius 3 is 2.48 bits per heavy atom. The highest BCUT2D eigenvalue weighted by Crippen LogP contribution is 2.33.